The molecule has 4 heterocycles. The molecule has 1 unspecified atom stereocenters. The maximum atomic E-state index is 14.8. The molecule has 1 aliphatic heterocycles. The Hall–Kier alpha value is -4.99. The molecule has 0 fully saturated rings. The highest BCUT2D eigenvalue weighted by molar-refractivity contribution is 7.86. The van der Waals surface area contributed by atoms with Crippen molar-refractivity contribution in [3.05, 3.63) is 134 Å². The summed E-state index contributed by atoms with van der Waals surface area (Å²) in [5, 5.41) is 3.86. The predicted molar refractivity (Wildman–Crippen MR) is 161 cm³/mol. The minimum absolute atomic E-state index is 0.583. The maximum Gasteiger partial charge on any atom is 0.189 e. The van der Waals surface area contributed by atoms with E-state index in [0.717, 1.165) is 49.4 Å². The third-order valence-corrected chi connectivity index (χ3v) is 10.6. The van der Waals surface area contributed by atoms with Gasteiger partial charge in [0.05, 0.1) is 11.0 Å². The summed E-state index contributed by atoms with van der Waals surface area (Å²) in [5.41, 5.74) is 4.62. The number of fused-ring (bicyclic) bond motifs is 6. The van der Waals surface area contributed by atoms with Crippen LogP contribution < -0.4 is 20.8 Å². The molecule has 6 heteroatoms. The number of hydrogen-bond donors (Lipinski definition) is 0. The van der Waals surface area contributed by atoms with Crippen LogP contribution in [0, 0.1) is 0 Å². The van der Waals surface area contributed by atoms with Crippen LogP contribution in [-0.4, -0.2) is 14.5 Å². The number of hydrogen-bond acceptors (Lipinski definition) is 4. The van der Waals surface area contributed by atoms with Gasteiger partial charge in [-0.15, -0.1) is 0 Å². The number of rotatable bonds is 4. The molecule has 0 saturated heterocycles. The van der Waals surface area contributed by atoms with Crippen LogP contribution in [0.3, 0.4) is 0 Å². The Morgan fingerprint density at radius 3 is 2.12 bits per heavy atom. The first-order valence-electron chi connectivity index (χ1n) is 13.1. The molecule has 7 aromatic rings. The van der Waals surface area contributed by atoms with E-state index in [0.29, 0.717) is 16.9 Å². The Labute approximate surface area is 230 Å². The van der Waals surface area contributed by atoms with Gasteiger partial charge in [-0.2, -0.15) is 0 Å². The molecule has 1 aliphatic rings. The topological polar surface area (TPSA) is 57.0 Å². The largest absolute Gasteiger partial charge is 0.457 e. The lowest BCUT2D eigenvalue weighted by atomic mass is 10.1. The molecular formula is C34H22N3O2P. The monoisotopic (exact) mass is 535 g/mol. The van der Waals surface area contributed by atoms with Gasteiger partial charge in [0.2, 0.25) is 0 Å². The number of pyridine rings is 2. The molecular weight excluding hydrogens is 513 g/mol. The fourth-order valence-electron chi connectivity index (χ4n) is 5.84. The summed E-state index contributed by atoms with van der Waals surface area (Å²) in [4.78, 5) is 9.15. The molecule has 4 aromatic carbocycles. The van der Waals surface area contributed by atoms with Crippen molar-refractivity contribution in [3.63, 3.8) is 0 Å². The molecule has 0 bridgehead atoms. The fraction of sp³-hybridized carbons (Fsp3) is 0. The second-order valence-electron chi connectivity index (χ2n) is 9.81. The number of para-hydroxylation sites is 1. The van der Waals surface area contributed by atoms with E-state index in [2.05, 4.69) is 38.8 Å². The molecule has 1 atom stereocenters. The van der Waals surface area contributed by atoms with Crippen molar-refractivity contribution in [2.75, 3.05) is 0 Å². The third kappa shape index (κ3) is 3.32. The highest BCUT2D eigenvalue weighted by Gasteiger charge is 2.41. The van der Waals surface area contributed by atoms with Gasteiger partial charge in [-0.25, -0.2) is 4.98 Å². The Kier molecular flexibility index (Phi) is 5.03. The Bertz CT molecular complexity index is 2120. The SMILES string of the molecule is O=P1(c2ccccn2)c2ccccc2-c2ccc(Oc3ccc4c5ccccc5n(-c5ccccn5)c4c3)cc21. The molecule has 0 amide bonds. The molecule has 5 nitrogen and oxygen atoms in total. The lowest BCUT2D eigenvalue weighted by Crippen LogP contribution is -2.23. The molecule has 0 N–H and O–H groups in total. The summed E-state index contributed by atoms with van der Waals surface area (Å²) in [6, 6.07) is 39.7. The van der Waals surface area contributed by atoms with Gasteiger partial charge in [0, 0.05) is 39.8 Å². The van der Waals surface area contributed by atoms with Crippen molar-refractivity contribution < 1.29 is 9.30 Å². The number of benzene rings is 4. The minimum Gasteiger partial charge on any atom is -0.457 e. The van der Waals surface area contributed by atoms with Gasteiger partial charge in [-0.1, -0.05) is 54.6 Å². The number of nitrogens with zero attached hydrogens (tertiary/aromatic N) is 3. The van der Waals surface area contributed by atoms with Crippen LogP contribution >= 0.6 is 7.14 Å². The van der Waals surface area contributed by atoms with E-state index in [1.807, 2.05) is 97.1 Å². The van der Waals surface area contributed by atoms with Gasteiger partial charge < -0.3 is 9.30 Å². The van der Waals surface area contributed by atoms with E-state index in [4.69, 9.17) is 4.74 Å². The molecule has 0 saturated carbocycles. The van der Waals surface area contributed by atoms with Crippen molar-refractivity contribution in [1.29, 1.82) is 0 Å². The van der Waals surface area contributed by atoms with Gasteiger partial charge in [0.25, 0.3) is 0 Å². The second-order valence-corrected chi connectivity index (χ2v) is 12.5. The van der Waals surface area contributed by atoms with Gasteiger partial charge in [0.15, 0.2) is 7.14 Å². The van der Waals surface area contributed by atoms with Crippen molar-refractivity contribution >= 4 is 45.0 Å². The summed E-state index contributed by atoms with van der Waals surface area (Å²) < 4.78 is 23.4. The minimum atomic E-state index is -3.14. The lowest BCUT2D eigenvalue weighted by molar-refractivity contribution is 0.484. The van der Waals surface area contributed by atoms with Crippen molar-refractivity contribution in [2.24, 2.45) is 0 Å². The van der Waals surface area contributed by atoms with E-state index in [1.54, 1.807) is 12.4 Å². The summed E-state index contributed by atoms with van der Waals surface area (Å²) in [6.45, 7) is 0. The molecule has 40 heavy (non-hydrogen) atoms. The van der Waals surface area contributed by atoms with E-state index < -0.39 is 7.14 Å². The van der Waals surface area contributed by atoms with E-state index in [1.165, 1.54) is 0 Å². The zero-order valence-corrected chi connectivity index (χ0v) is 22.2. The standard InChI is InChI=1S/C34H22N3O2P/c38-40(34-14-6-8-20-36-34)31-12-4-2-10-27(31)28-18-16-24(22-32(28)40)39-23-15-17-26-25-9-1-3-11-29(25)37(30(26)21-23)33-13-5-7-19-35-33/h1-22H. The Morgan fingerprint density at radius 2 is 1.27 bits per heavy atom. The second kappa shape index (κ2) is 8.77. The van der Waals surface area contributed by atoms with Crippen LogP contribution in [0.25, 0.3) is 38.8 Å². The quantitative estimate of drug-likeness (QED) is 0.228. The van der Waals surface area contributed by atoms with Crippen molar-refractivity contribution in [1.82, 2.24) is 14.5 Å². The van der Waals surface area contributed by atoms with E-state index in [-0.39, 0.29) is 0 Å². The highest BCUT2D eigenvalue weighted by Crippen LogP contribution is 2.52. The van der Waals surface area contributed by atoms with Gasteiger partial charge >= 0.3 is 0 Å². The van der Waals surface area contributed by atoms with Crippen LogP contribution in [-0.2, 0) is 4.57 Å². The lowest BCUT2D eigenvalue weighted by Gasteiger charge is -2.15. The first kappa shape index (κ1) is 22.9. The van der Waals surface area contributed by atoms with Crippen molar-refractivity contribution in [2.45, 2.75) is 0 Å². The van der Waals surface area contributed by atoms with Gasteiger partial charge in [0.1, 0.15) is 22.8 Å². The average Bonchev–Trinajstić information content (AvgIpc) is 3.48. The smallest absolute Gasteiger partial charge is 0.189 e. The number of aromatic nitrogens is 3. The predicted octanol–water partition coefficient (Wildman–Crippen LogP) is 6.99. The van der Waals surface area contributed by atoms with E-state index >= 15 is 0 Å². The van der Waals surface area contributed by atoms with Crippen LogP contribution in [0.15, 0.2) is 134 Å². The van der Waals surface area contributed by atoms with Gasteiger partial charge in [-0.3, -0.25) is 9.55 Å². The van der Waals surface area contributed by atoms with Crippen LogP contribution in [0.1, 0.15) is 0 Å². The van der Waals surface area contributed by atoms with Crippen LogP contribution in [0.2, 0.25) is 0 Å². The first-order chi connectivity index (χ1) is 19.7. The molecule has 190 valence electrons. The number of ether oxygens (including phenoxy) is 1. The maximum absolute atomic E-state index is 14.8. The van der Waals surface area contributed by atoms with Crippen LogP contribution in [0.5, 0.6) is 11.5 Å². The normalized spacial score (nSPS) is 15.7. The molecule has 8 rings (SSSR count). The zero-order chi connectivity index (χ0) is 26.7. The molecule has 0 radical (unpaired) electrons. The first-order valence-corrected chi connectivity index (χ1v) is 14.8. The highest BCUT2D eigenvalue weighted by atomic mass is 31.2. The Morgan fingerprint density at radius 1 is 0.575 bits per heavy atom. The van der Waals surface area contributed by atoms with Crippen molar-refractivity contribution in [3.8, 4) is 28.4 Å². The average molecular weight is 536 g/mol. The molecule has 3 aromatic heterocycles. The Balaban J connectivity index is 1.27. The van der Waals surface area contributed by atoms with E-state index in [9.17, 15) is 4.57 Å². The zero-order valence-electron chi connectivity index (χ0n) is 21.3. The molecule has 0 aliphatic carbocycles. The molecule has 0 spiro atoms. The fourth-order valence-corrected chi connectivity index (χ4v) is 8.79. The summed E-state index contributed by atoms with van der Waals surface area (Å²) in [6.07, 6.45) is 3.50. The van der Waals surface area contributed by atoms with Gasteiger partial charge in [-0.05, 0) is 71.8 Å². The summed E-state index contributed by atoms with van der Waals surface area (Å²) in [5.74, 6) is 2.16. The summed E-state index contributed by atoms with van der Waals surface area (Å²) >= 11 is 0. The summed E-state index contributed by atoms with van der Waals surface area (Å²) in [7, 11) is -3.14. The third-order valence-electron chi connectivity index (χ3n) is 7.57. The van der Waals surface area contributed by atoms with Crippen LogP contribution in [0.4, 0.5) is 0 Å².